The van der Waals surface area contributed by atoms with Gasteiger partial charge in [0.05, 0.1) is 28.4 Å². The normalized spacial score (nSPS) is 11.8. The maximum absolute atomic E-state index is 12.0. The topological polar surface area (TPSA) is 75.7 Å². The molecule has 0 aromatic carbocycles. The predicted octanol–water partition coefficient (Wildman–Crippen LogP) is 1.98. The number of sulfone groups is 1. The molecule has 0 saturated carbocycles. The molecular formula is C12H17N3O2S2. The highest BCUT2D eigenvalue weighted by Crippen LogP contribution is 2.14. The summed E-state index contributed by atoms with van der Waals surface area (Å²) in [6.07, 6.45) is 5.71. The molecule has 0 spiro atoms. The van der Waals surface area contributed by atoms with Crippen LogP contribution in [0, 0.1) is 0 Å². The van der Waals surface area contributed by atoms with Gasteiger partial charge in [0.2, 0.25) is 0 Å². The average Bonchev–Trinajstić information content (AvgIpc) is 2.99. The molecule has 19 heavy (non-hydrogen) atoms. The van der Waals surface area contributed by atoms with E-state index in [1.165, 1.54) is 11.3 Å². The van der Waals surface area contributed by atoms with Crippen molar-refractivity contribution in [2.45, 2.75) is 31.9 Å². The van der Waals surface area contributed by atoms with E-state index in [0.29, 0.717) is 12.1 Å². The summed E-state index contributed by atoms with van der Waals surface area (Å²) in [5.41, 5.74) is 1.71. The first kappa shape index (κ1) is 14.2. The molecule has 7 heteroatoms. The van der Waals surface area contributed by atoms with E-state index in [0.717, 1.165) is 23.4 Å². The van der Waals surface area contributed by atoms with E-state index in [2.05, 4.69) is 15.2 Å². The number of hydrogen-bond donors (Lipinski definition) is 1. The number of hydrogen-bond acceptors (Lipinski definition) is 5. The van der Waals surface area contributed by atoms with Gasteiger partial charge in [-0.2, -0.15) is 5.10 Å². The second-order valence-corrected chi connectivity index (χ2v) is 7.51. The molecular weight excluding hydrogens is 282 g/mol. The molecule has 0 aliphatic heterocycles. The van der Waals surface area contributed by atoms with Crippen LogP contribution in [-0.2, 0) is 28.4 Å². The zero-order valence-corrected chi connectivity index (χ0v) is 12.4. The van der Waals surface area contributed by atoms with Crippen LogP contribution in [0.1, 0.15) is 29.6 Å². The van der Waals surface area contributed by atoms with Gasteiger partial charge < -0.3 is 0 Å². The molecule has 1 N–H and O–H groups in total. The SMILES string of the molecule is CCc1nc(CS(=O)(=O)CCCc2cn[nH]c2)cs1. The number of aromatic nitrogens is 3. The molecule has 0 fully saturated rings. The van der Waals surface area contributed by atoms with E-state index >= 15 is 0 Å². The summed E-state index contributed by atoms with van der Waals surface area (Å²) in [4.78, 5) is 4.30. The number of H-pyrrole nitrogens is 1. The Morgan fingerprint density at radius 1 is 1.42 bits per heavy atom. The number of nitrogens with zero attached hydrogens (tertiary/aromatic N) is 2. The number of thiazole rings is 1. The van der Waals surface area contributed by atoms with Crippen molar-refractivity contribution in [1.29, 1.82) is 0 Å². The maximum atomic E-state index is 12.0. The minimum absolute atomic E-state index is 0.0505. The molecule has 5 nitrogen and oxygen atoms in total. The van der Waals surface area contributed by atoms with Crippen LogP contribution in [0.5, 0.6) is 0 Å². The number of aromatic amines is 1. The smallest absolute Gasteiger partial charge is 0.156 e. The van der Waals surface area contributed by atoms with Gasteiger partial charge in [-0.1, -0.05) is 6.92 Å². The first-order valence-electron chi connectivity index (χ1n) is 6.20. The summed E-state index contributed by atoms with van der Waals surface area (Å²) in [6, 6.07) is 0. The van der Waals surface area contributed by atoms with Crippen molar-refractivity contribution in [3.63, 3.8) is 0 Å². The predicted molar refractivity (Wildman–Crippen MR) is 75.9 cm³/mol. The Balaban J connectivity index is 1.84. The first-order valence-corrected chi connectivity index (χ1v) is 8.90. The van der Waals surface area contributed by atoms with Crippen LogP contribution in [0.25, 0.3) is 0 Å². The van der Waals surface area contributed by atoms with Crippen LogP contribution in [-0.4, -0.2) is 29.4 Å². The van der Waals surface area contributed by atoms with E-state index in [1.807, 2.05) is 12.3 Å². The fraction of sp³-hybridized carbons (Fsp3) is 0.500. The zero-order valence-electron chi connectivity index (χ0n) is 10.8. The third-order valence-corrected chi connectivity index (χ3v) is 5.43. The fourth-order valence-electron chi connectivity index (χ4n) is 1.79. The number of rotatable bonds is 7. The van der Waals surface area contributed by atoms with Gasteiger partial charge in [0, 0.05) is 11.6 Å². The third kappa shape index (κ3) is 4.43. The molecule has 0 atom stereocenters. The van der Waals surface area contributed by atoms with Crippen LogP contribution < -0.4 is 0 Å². The van der Waals surface area contributed by atoms with Crippen LogP contribution in [0.15, 0.2) is 17.8 Å². The Hall–Kier alpha value is -1.21. The van der Waals surface area contributed by atoms with Gasteiger partial charge in [-0.05, 0) is 24.8 Å². The molecule has 2 heterocycles. The second-order valence-electron chi connectivity index (χ2n) is 4.39. The summed E-state index contributed by atoms with van der Waals surface area (Å²) in [5, 5.41) is 9.38. The van der Waals surface area contributed by atoms with E-state index in [4.69, 9.17) is 0 Å². The van der Waals surface area contributed by atoms with Gasteiger partial charge in [0.15, 0.2) is 9.84 Å². The summed E-state index contributed by atoms with van der Waals surface area (Å²) in [6.45, 7) is 2.02. The molecule has 0 saturated heterocycles. The van der Waals surface area contributed by atoms with Crippen molar-refractivity contribution in [1.82, 2.24) is 15.2 Å². The van der Waals surface area contributed by atoms with Gasteiger partial charge in [0.1, 0.15) is 0 Å². The lowest BCUT2D eigenvalue weighted by molar-refractivity contribution is 0.592. The standard InChI is InChI=1S/C12H17N3O2S2/c1-2-12-15-11(8-18-12)9-19(16,17)5-3-4-10-6-13-14-7-10/h6-8H,2-5,9H2,1H3,(H,13,14). The minimum atomic E-state index is -3.07. The number of nitrogens with one attached hydrogen (secondary N) is 1. The van der Waals surface area contributed by atoms with Gasteiger partial charge in [0.25, 0.3) is 0 Å². The lowest BCUT2D eigenvalue weighted by atomic mass is 10.2. The summed E-state index contributed by atoms with van der Waals surface area (Å²) in [7, 11) is -3.07. The monoisotopic (exact) mass is 299 g/mol. The lowest BCUT2D eigenvalue weighted by Crippen LogP contribution is -2.10. The van der Waals surface area contributed by atoms with Crippen LogP contribution in [0.2, 0.25) is 0 Å². The maximum Gasteiger partial charge on any atom is 0.156 e. The second kappa shape index (κ2) is 6.29. The van der Waals surface area contributed by atoms with E-state index in [9.17, 15) is 8.42 Å². The minimum Gasteiger partial charge on any atom is -0.285 e. The third-order valence-electron chi connectivity index (χ3n) is 2.75. The molecule has 2 rings (SSSR count). The average molecular weight is 299 g/mol. The summed E-state index contributed by atoms with van der Waals surface area (Å²) in [5.74, 6) is 0.242. The van der Waals surface area contributed by atoms with Crippen molar-refractivity contribution in [2.24, 2.45) is 0 Å². The Bertz CT molecular complexity index is 603. The molecule has 0 aliphatic carbocycles. The summed E-state index contributed by atoms with van der Waals surface area (Å²) >= 11 is 1.52. The molecule has 0 radical (unpaired) electrons. The molecule has 2 aromatic heterocycles. The van der Waals surface area contributed by atoms with Crippen LogP contribution in [0.4, 0.5) is 0 Å². The van der Waals surface area contributed by atoms with Crippen LogP contribution in [0.3, 0.4) is 0 Å². The van der Waals surface area contributed by atoms with Crippen molar-refractivity contribution < 1.29 is 8.42 Å². The molecule has 0 aliphatic rings. The van der Waals surface area contributed by atoms with Crippen LogP contribution >= 0.6 is 11.3 Å². The Kier molecular flexibility index (Phi) is 4.71. The molecule has 0 unspecified atom stereocenters. The van der Waals surface area contributed by atoms with Crippen molar-refractivity contribution in [3.05, 3.63) is 34.0 Å². The Morgan fingerprint density at radius 3 is 2.89 bits per heavy atom. The van der Waals surface area contributed by atoms with Gasteiger partial charge in [-0.3, -0.25) is 5.10 Å². The fourth-order valence-corrected chi connectivity index (χ4v) is 3.96. The van der Waals surface area contributed by atoms with Gasteiger partial charge in [-0.15, -0.1) is 11.3 Å². The largest absolute Gasteiger partial charge is 0.285 e. The summed E-state index contributed by atoms with van der Waals surface area (Å²) < 4.78 is 23.9. The Labute approximate surface area is 117 Å². The highest BCUT2D eigenvalue weighted by atomic mass is 32.2. The highest BCUT2D eigenvalue weighted by molar-refractivity contribution is 7.90. The molecule has 2 aromatic rings. The van der Waals surface area contributed by atoms with E-state index in [1.54, 1.807) is 12.4 Å². The lowest BCUT2D eigenvalue weighted by Gasteiger charge is -2.01. The quantitative estimate of drug-likeness (QED) is 0.848. The van der Waals surface area contributed by atoms with Crippen molar-refractivity contribution >= 4 is 21.2 Å². The molecule has 0 amide bonds. The van der Waals surface area contributed by atoms with Crippen molar-refractivity contribution in [2.75, 3.05) is 5.75 Å². The van der Waals surface area contributed by atoms with Gasteiger partial charge in [-0.25, -0.2) is 13.4 Å². The zero-order chi connectivity index (χ0) is 13.7. The highest BCUT2D eigenvalue weighted by Gasteiger charge is 2.14. The molecule has 104 valence electrons. The Morgan fingerprint density at radius 2 is 2.26 bits per heavy atom. The van der Waals surface area contributed by atoms with Gasteiger partial charge >= 0.3 is 0 Å². The number of aryl methyl sites for hydroxylation is 2. The van der Waals surface area contributed by atoms with Crippen molar-refractivity contribution in [3.8, 4) is 0 Å². The first-order chi connectivity index (χ1) is 9.09. The van der Waals surface area contributed by atoms with E-state index in [-0.39, 0.29) is 11.5 Å². The molecule has 0 bridgehead atoms. The van der Waals surface area contributed by atoms with E-state index < -0.39 is 9.84 Å².